The molecule has 2 N–H and O–H groups in total. The maximum atomic E-state index is 12.7. The molecule has 1 aliphatic heterocycles. The van der Waals surface area contributed by atoms with E-state index in [1.807, 2.05) is 36.9 Å². The van der Waals surface area contributed by atoms with E-state index in [-0.39, 0.29) is 17.4 Å². The van der Waals surface area contributed by atoms with Crippen LogP contribution in [0, 0.1) is 13.8 Å². The molecule has 3 aromatic heterocycles. The monoisotopic (exact) mass is 365 g/mol. The number of aromatic amines is 2. The van der Waals surface area contributed by atoms with E-state index < -0.39 is 0 Å². The van der Waals surface area contributed by atoms with Crippen LogP contribution in [0.4, 0.5) is 0 Å². The zero-order chi connectivity index (χ0) is 19.0. The fraction of sp³-hybridized carbons (Fsp3) is 0.400. The number of carbonyl (C=O) groups is 1. The summed E-state index contributed by atoms with van der Waals surface area (Å²) in [4.78, 5) is 34.0. The molecule has 0 aromatic carbocycles. The Bertz CT molecular complexity index is 1020. The predicted molar refractivity (Wildman–Crippen MR) is 103 cm³/mol. The van der Waals surface area contributed by atoms with Gasteiger partial charge in [-0.05, 0) is 38.8 Å². The van der Waals surface area contributed by atoms with Gasteiger partial charge in [0.2, 0.25) is 5.91 Å². The van der Waals surface area contributed by atoms with Crippen LogP contribution in [0.5, 0.6) is 0 Å². The number of nitrogens with zero attached hydrogens (tertiary/aromatic N) is 3. The topological polar surface area (TPSA) is 94.7 Å². The highest BCUT2D eigenvalue weighted by atomic mass is 16.2. The Hall–Kier alpha value is -2.96. The fourth-order valence-corrected chi connectivity index (χ4v) is 3.88. The first kappa shape index (κ1) is 17.5. The van der Waals surface area contributed by atoms with Gasteiger partial charge in [0.1, 0.15) is 5.52 Å². The van der Waals surface area contributed by atoms with Gasteiger partial charge in [-0.1, -0.05) is 6.07 Å². The molecule has 0 radical (unpaired) electrons. The summed E-state index contributed by atoms with van der Waals surface area (Å²) in [6.07, 6.45) is 3.70. The second-order valence-electron chi connectivity index (χ2n) is 7.24. The smallest absolute Gasteiger partial charge is 0.274 e. The molecule has 1 aliphatic rings. The zero-order valence-electron chi connectivity index (χ0n) is 15.6. The number of likely N-dealkylation sites (tertiary alicyclic amines) is 1. The van der Waals surface area contributed by atoms with Gasteiger partial charge in [-0.25, -0.2) is 0 Å². The quantitative estimate of drug-likeness (QED) is 0.744. The Balaban J connectivity index is 1.44. The molecule has 1 amide bonds. The Morgan fingerprint density at radius 3 is 2.78 bits per heavy atom. The molecule has 140 valence electrons. The molecule has 7 nitrogen and oxygen atoms in total. The van der Waals surface area contributed by atoms with E-state index in [1.165, 1.54) is 0 Å². The molecule has 0 bridgehead atoms. The summed E-state index contributed by atoms with van der Waals surface area (Å²) in [6.45, 7) is 5.27. The number of nitrogens with one attached hydrogen (secondary N) is 2. The molecule has 0 saturated carbocycles. The minimum atomic E-state index is -0.146. The van der Waals surface area contributed by atoms with E-state index in [1.54, 1.807) is 6.20 Å². The van der Waals surface area contributed by atoms with Crippen LogP contribution in [-0.4, -0.2) is 44.1 Å². The lowest BCUT2D eigenvalue weighted by molar-refractivity contribution is -0.131. The van der Waals surface area contributed by atoms with E-state index in [0.717, 1.165) is 40.9 Å². The predicted octanol–water partition coefficient (Wildman–Crippen LogP) is 2.21. The first-order chi connectivity index (χ1) is 13.0. The van der Waals surface area contributed by atoms with Gasteiger partial charge in [-0.15, -0.1) is 0 Å². The van der Waals surface area contributed by atoms with Gasteiger partial charge in [0, 0.05) is 47.5 Å². The van der Waals surface area contributed by atoms with Crippen molar-refractivity contribution < 1.29 is 4.79 Å². The third kappa shape index (κ3) is 3.37. The van der Waals surface area contributed by atoms with Crippen molar-refractivity contribution in [3.8, 4) is 0 Å². The number of rotatable bonds is 3. The number of amides is 1. The highest BCUT2D eigenvalue weighted by Crippen LogP contribution is 2.28. The van der Waals surface area contributed by atoms with Crippen molar-refractivity contribution in [3.05, 3.63) is 57.4 Å². The molecule has 0 unspecified atom stereocenters. The van der Waals surface area contributed by atoms with E-state index >= 15 is 0 Å². The van der Waals surface area contributed by atoms with Crippen LogP contribution in [-0.2, 0) is 11.2 Å². The molecule has 7 heteroatoms. The SMILES string of the molecule is Cc1n[nH]c(C)c1CC(=O)N1CCC(c2cc3cccnc3c(=O)[nH]2)CC1. The Morgan fingerprint density at radius 1 is 1.30 bits per heavy atom. The average molecular weight is 365 g/mol. The summed E-state index contributed by atoms with van der Waals surface area (Å²) in [5.41, 5.74) is 4.10. The highest BCUT2D eigenvalue weighted by molar-refractivity contribution is 5.79. The molecule has 4 rings (SSSR count). The summed E-state index contributed by atoms with van der Waals surface area (Å²) in [6, 6.07) is 5.77. The molecule has 0 aliphatic carbocycles. The number of piperidine rings is 1. The number of hydrogen-bond donors (Lipinski definition) is 2. The van der Waals surface area contributed by atoms with Gasteiger partial charge in [0.05, 0.1) is 12.1 Å². The summed E-state index contributed by atoms with van der Waals surface area (Å²) < 4.78 is 0. The minimum absolute atomic E-state index is 0.136. The van der Waals surface area contributed by atoms with Crippen molar-refractivity contribution in [2.45, 2.75) is 39.0 Å². The molecular formula is C20H23N5O2. The Labute approximate surface area is 156 Å². The van der Waals surface area contributed by atoms with Crippen molar-refractivity contribution in [3.63, 3.8) is 0 Å². The first-order valence-electron chi connectivity index (χ1n) is 9.29. The molecule has 4 heterocycles. The molecule has 1 saturated heterocycles. The van der Waals surface area contributed by atoms with E-state index in [2.05, 4.69) is 20.2 Å². The van der Waals surface area contributed by atoms with Crippen molar-refractivity contribution in [2.75, 3.05) is 13.1 Å². The third-order valence-electron chi connectivity index (χ3n) is 5.52. The Kier molecular flexibility index (Phi) is 4.51. The Morgan fingerprint density at radius 2 is 2.07 bits per heavy atom. The van der Waals surface area contributed by atoms with Crippen molar-refractivity contribution in [1.29, 1.82) is 0 Å². The number of pyridine rings is 2. The number of carbonyl (C=O) groups excluding carboxylic acids is 1. The number of H-pyrrole nitrogens is 2. The van der Waals surface area contributed by atoms with Crippen molar-refractivity contribution in [2.24, 2.45) is 0 Å². The number of aromatic nitrogens is 4. The van der Waals surface area contributed by atoms with Crippen LogP contribution in [0.25, 0.3) is 10.9 Å². The van der Waals surface area contributed by atoms with Crippen LogP contribution in [0.1, 0.15) is 41.4 Å². The van der Waals surface area contributed by atoms with Gasteiger partial charge in [-0.2, -0.15) is 5.10 Å². The average Bonchev–Trinajstić information content (AvgIpc) is 3.00. The zero-order valence-corrected chi connectivity index (χ0v) is 15.6. The number of hydrogen-bond acceptors (Lipinski definition) is 4. The summed E-state index contributed by atoms with van der Waals surface area (Å²) >= 11 is 0. The van der Waals surface area contributed by atoms with Gasteiger partial charge >= 0.3 is 0 Å². The maximum Gasteiger partial charge on any atom is 0.274 e. The molecular weight excluding hydrogens is 342 g/mol. The van der Waals surface area contributed by atoms with Crippen molar-refractivity contribution >= 4 is 16.8 Å². The molecule has 0 atom stereocenters. The van der Waals surface area contributed by atoms with Gasteiger partial charge in [0.15, 0.2) is 0 Å². The van der Waals surface area contributed by atoms with Crippen LogP contribution in [0.15, 0.2) is 29.2 Å². The molecule has 27 heavy (non-hydrogen) atoms. The summed E-state index contributed by atoms with van der Waals surface area (Å²) in [5.74, 6) is 0.390. The molecule has 3 aromatic rings. The van der Waals surface area contributed by atoms with Crippen LogP contribution < -0.4 is 5.56 Å². The summed E-state index contributed by atoms with van der Waals surface area (Å²) in [7, 11) is 0. The van der Waals surface area contributed by atoms with E-state index in [4.69, 9.17) is 0 Å². The fourth-order valence-electron chi connectivity index (χ4n) is 3.88. The highest BCUT2D eigenvalue weighted by Gasteiger charge is 2.25. The molecule has 0 spiro atoms. The number of aryl methyl sites for hydroxylation is 2. The van der Waals surface area contributed by atoms with Gasteiger partial charge in [-0.3, -0.25) is 19.7 Å². The molecule has 1 fully saturated rings. The lowest BCUT2D eigenvalue weighted by atomic mass is 9.92. The second-order valence-corrected chi connectivity index (χ2v) is 7.24. The first-order valence-corrected chi connectivity index (χ1v) is 9.29. The van der Waals surface area contributed by atoms with Gasteiger partial charge < -0.3 is 9.88 Å². The van der Waals surface area contributed by atoms with Crippen LogP contribution in [0.3, 0.4) is 0 Å². The summed E-state index contributed by atoms with van der Waals surface area (Å²) in [5, 5.41) is 7.96. The normalized spacial score (nSPS) is 15.4. The lowest BCUT2D eigenvalue weighted by Gasteiger charge is -2.32. The van der Waals surface area contributed by atoms with Gasteiger partial charge in [0.25, 0.3) is 5.56 Å². The lowest BCUT2D eigenvalue weighted by Crippen LogP contribution is -2.39. The largest absolute Gasteiger partial charge is 0.342 e. The second kappa shape index (κ2) is 6.98. The third-order valence-corrected chi connectivity index (χ3v) is 5.52. The van der Waals surface area contributed by atoms with E-state index in [0.29, 0.717) is 25.0 Å². The van der Waals surface area contributed by atoms with Crippen LogP contribution in [0.2, 0.25) is 0 Å². The number of fused-ring (bicyclic) bond motifs is 1. The maximum absolute atomic E-state index is 12.7. The van der Waals surface area contributed by atoms with Crippen molar-refractivity contribution in [1.82, 2.24) is 25.1 Å². The van der Waals surface area contributed by atoms with Crippen LogP contribution >= 0.6 is 0 Å². The standard InChI is InChI=1S/C20H23N5O2/c1-12-16(13(2)24-23-12)11-18(26)25-8-5-14(6-9-25)17-10-15-4-3-7-21-19(15)20(27)22-17/h3-4,7,10,14H,5-6,8-9,11H2,1-2H3,(H,22,27)(H,23,24). The van der Waals surface area contributed by atoms with E-state index in [9.17, 15) is 9.59 Å². The minimum Gasteiger partial charge on any atom is -0.342 e.